The number of hydrogen-bond donors (Lipinski definition) is 2. The summed E-state index contributed by atoms with van der Waals surface area (Å²) in [4.78, 5) is 11.9. The first-order valence-corrected chi connectivity index (χ1v) is 8.11. The maximum atomic E-state index is 11.9. The number of carbonyl (C=O) groups excluding carboxylic acids is 1. The van der Waals surface area contributed by atoms with Gasteiger partial charge in [0.05, 0.1) is 6.21 Å². The maximum Gasteiger partial charge on any atom is 0.271 e. The van der Waals surface area contributed by atoms with Gasteiger partial charge in [-0.25, -0.2) is 5.43 Å². The molecule has 0 saturated carbocycles. The van der Waals surface area contributed by atoms with Gasteiger partial charge in [-0.15, -0.1) is 0 Å². The molecule has 0 aliphatic rings. The molecule has 2 aromatic carbocycles. The zero-order valence-corrected chi connectivity index (χ0v) is 15.2. The van der Waals surface area contributed by atoms with E-state index in [0.29, 0.717) is 11.1 Å². The molecule has 0 aromatic heterocycles. The number of halogens is 3. The predicted molar refractivity (Wildman–Crippen MR) is 92.7 cm³/mol. The van der Waals surface area contributed by atoms with E-state index in [-0.39, 0.29) is 11.7 Å². The molecule has 0 atom stereocenters. The molecular weight excluding hydrogens is 468 g/mol. The van der Waals surface area contributed by atoms with Crippen LogP contribution in [0, 0.1) is 0 Å². The smallest absolute Gasteiger partial charge is 0.271 e. The van der Waals surface area contributed by atoms with E-state index in [9.17, 15) is 9.90 Å². The van der Waals surface area contributed by atoms with E-state index in [1.807, 2.05) is 6.07 Å². The van der Waals surface area contributed by atoms with Crippen molar-refractivity contribution in [1.29, 1.82) is 0 Å². The highest BCUT2D eigenvalue weighted by molar-refractivity contribution is 9.11. The molecule has 4 nitrogen and oxygen atoms in total. The lowest BCUT2D eigenvalue weighted by molar-refractivity contribution is 0.0955. The first-order valence-electron chi connectivity index (χ1n) is 5.74. The van der Waals surface area contributed by atoms with E-state index < -0.39 is 0 Å². The summed E-state index contributed by atoms with van der Waals surface area (Å²) in [7, 11) is 0. The minimum Gasteiger partial charge on any atom is -0.507 e. The summed E-state index contributed by atoms with van der Waals surface area (Å²) in [5.41, 5.74) is 3.38. The average Bonchev–Trinajstić information content (AvgIpc) is 2.40. The third kappa shape index (κ3) is 4.66. The van der Waals surface area contributed by atoms with Gasteiger partial charge in [0.1, 0.15) is 5.75 Å². The van der Waals surface area contributed by atoms with Crippen LogP contribution in [0.2, 0.25) is 0 Å². The third-order valence-electron chi connectivity index (χ3n) is 2.49. The number of benzene rings is 2. The van der Waals surface area contributed by atoms with Gasteiger partial charge < -0.3 is 5.11 Å². The monoisotopic (exact) mass is 474 g/mol. The Morgan fingerprint density at radius 2 is 1.71 bits per heavy atom. The molecule has 0 spiro atoms. The van der Waals surface area contributed by atoms with Crippen LogP contribution < -0.4 is 5.43 Å². The number of phenolic OH excluding ortho intramolecular Hbond substituents is 1. The summed E-state index contributed by atoms with van der Waals surface area (Å²) in [6.07, 6.45) is 1.38. The number of rotatable bonds is 3. The molecule has 2 aromatic rings. The van der Waals surface area contributed by atoms with Crippen LogP contribution in [0.15, 0.2) is 54.9 Å². The van der Waals surface area contributed by atoms with Gasteiger partial charge in [-0.2, -0.15) is 5.10 Å². The summed E-state index contributed by atoms with van der Waals surface area (Å²) < 4.78 is 2.34. The quantitative estimate of drug-likeness (QED) is 0.508. The molecule has 2 N–H and O–H groups in total. The number of hydrogen-bond acceptors (Lipinski definition) is 3. The van der Waals surface area contributed by atoms with Crippen LogP contribution in [0.1, 0.15) is 15.9 Å². The number of nitrogens with one attached hydrogen (secondary N) is 1. The van der Waals surface area contributed by atoms with Gasteiger partial charge in [-0.3, -0.25) is 4.79 Å². The summed E-state index contributed by atoms with van der Waals surface area (Å²) >= 11 is 9.88. The topological polar surface area (TPSA) is 61.7 Å². The fourth-order valence-corrected chi connectivity index (χ4v) is 3.18. The second-order valence-electron chi connectivity index (χ2n) is 4.06. The molecule has 0 radical (unpaired) electrons. The normalized spacial score (nSPS) is 10.8. The molecule has 0 heterocycles. The molecule has 0 bridgehead atoms. The van der Waals surface area contributed by atoms with Crippen molar-refractivity contribution in [2.45, 2.75) is 0 Å². The fourth-order valence-electron chi connectivity index (χ4n) is 1.54. The van der Waals surface area contributed by atoms with E-state index in [4.69, 9.17) is 0 Å². The van der Waals surface area contributed by atoms with Crippen LogP contribution in [-0.2, 0) is 0 Å². The summed E-state index contributed by atoms with van der Waals surface area (Å²) in [6.45, 7) is 0. The van der Waals surface area contributed by atoms with Gasteiger partial charge in [0, 0.05) is 24.5 Å². The van der Waals surface area contributed by atoms with Gasteiger partial charge in [0.15, 0.2) is 0 Å². The van der Waals surface area contributed by atoms with Crippen molar-refractivity contribution in [3.05, 3.63) is 60.9 Å². The van der Waals surface area contributed by atoms with Gasteiger partial charge in [0.25, 0.3) is 5.91 Å². The second-order valence-corrected chi connectivity index (χ2v) is 6.81. The molecule has 7 heteroatoms. The van der Waals surface area contributed by atoms with Crippen molar-refractivity contribution in [3.8, 4) is 5.75 Å². The van der Waals surface area contributed by atoms with Crippen LogP contribution in [-0.4, -0.2) is 17.2 Å². The lowest BCUT2D eigenvalue weighted by Gasteiger charge is -2.02. The Morgan fingerprint density at radius 3 is 2.33 bits per heavy atom. The van der Waals surface area contributed by atoms with Gasteiger partial charge in [-0.1, -0.05) is 47.8 Å². The molecule has 2 rings (SSSR count). The molecule has 1 amide bonds. The Morgan fingerprint density at radius 1 is 1.05 bits per heavy atom. The molecule has 0 fully saturated rings. The first-order chi connectivity index (χ1) is 9.95. The van der Waals surface area contributed by atoms with Crippen molar-refractivity contribution >= 4 is 59.9 Å². The fraction of sp³-hybridized carbons (Fsp3) is 0. The SMILES string of the molecule is O=C(N/N=C\c1ccc(Br)cc1O)c1cc(Br)cc(Br)c1. The van der Waals surface area contributed by atoms with Crippen LogP contribution in [0.25, 0.3) is 0 Å². The van der Waals surface area contributed by atoms with Crippen LogP contribution in [0.5, 0.6) is 5.75 Å². The molecule has 0 aliphatic heterocycles. The highest BCUT2D eigenvalue weighted by Crippen LogP contribution is 2.21. The van der Waals surface area contributed by atoms with Crippen molar-refractivity contribution in [1.82, 2.24) is 5.43 Å². The van der Waals surface area contributed by atoms with E-state index in [2.05, 4.69) is 58.3 Å². The Labute approximate surface area is 146 Å². The Hall–Kier alpha value is -1.18. The minimum atomic E-state index is -0.343. The van der Waals surface area contributed by atoms with Gasteiger partial charge in [-0.05, 0) is 36.4 Å². The number of nitrogens with zero attached hydrogens (tertiary/aromatic N) is 1. The molecule has 0 unspecified atom stereocenters. The second kappa shape index (κ2) is 7.20. The number of phenols is 1. The number of carbonyl (C=O) groups is 1. The zero-order valence-electron chi connectivity index (χ0n) is 10.5. The Bertz CT molecular complexity index is 697. The van der Waals surface area contributed by atoms with Crippen LogP contribution in [0.3, 0.4) is 0 Å². The molecule has 108 valence electrons. The largest absolute Gasteiger partial charge is 0.507 e. The van der Waals surface area contributed by atoms with Crippen LogP contribution in [0.4, 0.5) is 0 Å². The average molecular weight is 477 g/mol. The van der Waals surface area contributed by atoms with Gasteiger partial charge in [0.2, 0.25) is 0 Å². The van der Waals surface area contributed by atoms with Crippen LogP contribution >= 0.6 is 47.8 Å². The molecule has 0 aliphatic carbocycles. The maximum absolute atomic E-state index is 11.9. The Kier molecular flexibility index (Phi) is 5.55. The lowest BCUT2D eigenvalue weighted by atomic mass is 10.2. The molecule has 0 saturated heterocycles. The van der Waals surface area contributed by atoms with Crippen molar-refractivity contribution < 1.29 is 9.90 Å². The summed E-state index contributed by atoms with van der Waals surface area (Å²) in [6, 6.07) is 10.2. The Balaban J connectivity index is 2.08. The lowest BCUT2D eigenvalue weighted by Crippen LogP contribution is -2.17. The minimum absolute atomic E-state index is 0.0765. The van der Waals surface area contributed by atoms with E-state index >= 15 is 0 Å². The van der Waals surface area contributed by atoms with Gasteiger partial charge >= 0.3 is 0 Å². The standard InChI is InChI=1S/C14H9Br3N2O2/c15-10-2-1-8(13(20)6-10)7-18-19-14(21)9-3-11(16)5-12(17)4-9/h1-7,20H,(H,19,21)/b18-7-. The number of aromatic hydroxyl groups is 1. The first kappa shape index (κ1) is 16.2. The summed E-state index contributed by atoms with van der Waals surface area (Å²) in [5.74, 6) is -0.266. The molecule has 21 heavy (non-hydrogen) atoms. The zero-order chi connectivity index (χ0) is 15.4. The highest BCUT2D eigenvalue weighted by Gasteiger charge is 2.06. The molecular formula is C14H9Br3N2O2. The predicted octanol–water partition coefficient (Wildman–Crippen LogP) is 4.44. The van der Waals surface area contributed by atoms with Crippen molar-refractivity contribution in [3.63, 3.8) is 0 Å². The van der Waals surface area contributed by atoms with E-state index in [0.717, 1.165) is 13.4 Å². The van der Waals surface area contributed by atoms with E-state index in [1.165, 1.54) is 6.21 Å². The summed E-state index contributed by atoms with van der Waals surface area (Å²) in [5, 5.41) is 13.5. The number of amides is 1. The van der Waals surface area contributed by atoms with E-state index in [1.54, 1.807) is 30.3 Å². The highest BCUT2D eigenvalue weighted by atomic mass is 79.9. The van der Waals surface area contributed by atoms with Crippen molar-refractivity contribution in [2.24, 2.45) is 5.10 Å². The third-order valence-corrected chi connectivity index (χ3v) is 3.90. The number of hydrazone groups is 1. The van der Waals surface area contributed by atoms with Crippen molar-refractivity contribution in [2.75, 3.05) is 0 Å².